The highest BCUT2D eigenvalue weighted by Crippen LogP contribution is 2.45. The fraction of sp³-hybridized carbons (Fsp3) is 0.154. The van der Waals surface area contributed by atoms with Crippen LogP contribution in [0.3, 0.4) is 0 Å². The van der Waals surface area contributed by atoms with E-state index in [9.17, 15) is 26.5 Å². The Morgan fingerprint density at radius 1 is 0.850 bits per heavy atom. The summed E-state index contributed by atoms with van der Waals surface area (Å²) >= 11 is 0. The molecule has 0 heterocycles. The summed E-state index contributed by atoms with van der Waals surface area (Å²) in [7, 11) is -6.98. The van der Waals surface area contributed by atoms with Crippen LogP contribution in [0.1, 0.15) is 5.56 Å². The van der Waals surface area contributed by atoms with E-state index in [0.717, 1.165) is 11.6 Å². The van der Waals surface area contributed by atoms with Gasteiger partial charge in [0.1, 0.15) is 16.3 Å². The summed E-state index contributed by atoms with van der Waals surface area (Å²) in [6.45, 7) is 1.96. The lowest BCUT2D eigenvalue weighted by atomic mass is 10.1. The van der Waals surface area contributed by atoms with Gasteiger partial charge < -0.3 is 15.6 Å². The second-order valence-corrected chi connectivity index (χ2v) is 12.2. The maximum atomic E-state index is 12.3. The minimum absolute atomic E-state index is 0.0290. The molecular formula is C26H25N5O7S2. The Morgan fingerprint density at radius 2 is 1.45 bits per heavy atom. The van der Waals surface area contributed by atoms with E-state index in [2.05, 4.69) is 20.5 Å². The van der Waals surface area contributed by atoms with Gasteiger partial charge in [0.25, 0.3) is 10.1 Å². The number of nitrogens with two attached hydrogens (primary N) is 1. The molecule has 0 radical (unpaired) electrons. The van der Waals surface area contributed by atoms with Crippen LogP contribution in [0, 0.1) is 6.92 Å². The molecule has 4 N–H and O–H groups in total. The summed E-state index contributed by atoms with van der Waals surface area (Å²) < 4.78 is 63.6. The number of aryl methyl sites for hydroxylation is 1. The first kappa shape index (κ1) is 28.8. The molecule has 0 fully saturated rings. The van der Waals surface area contributed by atoms with E-state index in [1.54, 1.807) is 12.1 Å². The number of phenols is 1. The molecule has 4 aromatic rings. The number of anilines is 1. The number of aromatic hydroxyl groups is 1. The molecule has 14 heteroatoms. The monoisotopic (exact) mass is 583 g/mol. The van der Waals surface area contributed by atoms with E-state index in [1.165, 1.54) is 43.5 Å². The topological polar surface area (TPSA) is 193 Å². The van der Waals surface area contributed by atoms with Crippen LogP contribution in [-0.4, -0.2) is 46.0 Å². The molecule has 0 aromatic heterocycles. The third kappa shape index (κ3) is 6.31. The van der Waals surface area contributed by atoms with Crippen molar-refractivity contribution in [3.63, 3.8) is 0 Å². The predicted octanol–water partition coefficient (Wildman–Crippen LogP) is 5.93. The molecule has 0 spiro atoms. The standard InChI is InChI=1S/C26H25N5O7S2/c1-16-3-6-18(7-4-16)28-30-21-12-5-17-15-22(40(35,36)37)25(24(27)23(17)26(21)32)31-29-19-8-10-20(11-9-19)39(33,34)14-13-38-2/h3-12,15,32H,13-14,27H2,1-2H3,(H,35,36,37). The number of phenolic OH excluding ortho intramolecular Hbond substituents is 1. The molecule has 0 aliphatic carbocycles. The van der Waals surface area contributed by atoms with Gasteiger partial charge in [-0.2, -0.15) is 18.6 Å². The van der Waals surface area contributed by atoms with Gasteiger partial charge in [-0.3, -0.25) is 4.55 Å². The number of nitrogen functional groups attached to an aromatic ring is 1. The van der Waals surface area contributed by atoms with E-state index < -0.39 is 30.5 Å². The smallest absolute Gasteiger partial charge is 0.296 e. The second-order valence-electron chi connectivity index (χ2n) is 8.68. The van der Waals surface area contributed by atoms with Crippen LogP contribution in [0.5, 0.6) is 5.75 Å². The van der Waals surface area contributed by atoms with E-state index in [1.807, 2.05) is 19.1 Å². The maximum Gasteiger partial charge on any atom is 0.296 e. The van der Waals surface area contributed by atoms with Crippen molar-refractivity contribution in [3.8, 4) is 5.75 Å². The van der Waals surface area contributed by atoms with Crippen molar-refractivity contribution in [1.82, 2.24) is 0 Å². The lowest BCUT2D eigenvalue weighted by Gasteiger charge is -2.12. The molecule has 0 atom stereocenters. The highest BCUT2D eigenvalue weighted by Gasteiger charge is 2.23. The van der Waals surface area contributed by atoms with E-state index in [-0.39, 0.29) is 50.8 Å². The minimum atomic E-state index is -4.81. The number of methoxy groups -OCH3 is 1. The number of rotatable bonds is 9. The molecular weight excluding hydrogens is 558 g/mol. The van der Waals surface area contributed by atoms with Crippen molar-refractivity contribution in [2.45, 2.75) is 16.7 Å². The molecule has 12 nitrogen and oxygen atoms in total. The average Bonchev–Trinajstić information content (AvgIpc) is 2.91. The Hall–Kier alpha value is -4.24. The molecule has 0 bridgehead atoms. The Balaban J connectivity index is 1.76. The third-order valence-electron chi connectivity index (χ3n) is 5.84. The van der Waals surface area contributed by atoms with Crippen LogP contribution >= 0.6 is 0 Å². The number of ether oxygens (including phenoxy) is 1. The van der Waals surface area contributed by atoms with E-state index in [4.69, 9.17) is 10.5 Å². The highest BCUT2D eigenvalue weighted by atomic mass is 32.2. The number of hydrogen-bond donors (Lipinski definition) is 3. The van der Waals surface area contributed by atoms with Gasteiger partial charge in [0, 0.05) is 7.11 Å². The van der Waals surface area contributed by atoms with Crippen molar-refractivity contribution in [1.29, 1.82) is 0 Å². The van der Waals surface area contributed by atoms with Crippen molar-refractivity contribution < 1.29 is 31.2 Å². The molecule has 0 aliphatic heterocycles. The summed E-state index contributed by atoms with van der Waals surface area (Å²) in [5, 5.41) is 27.2. The Labute approximate surface area is 230 Å². The van der Waals surface area contributed by atoms with Gasteiger partial charge in [0.2, 0.25) is 0 Å². The Bertz CT molecular complexity index is 1840. The van der Waals surface area contributed by atoms with Crippen LogP contribution < -0.4 is 5.73 Å². The van der Waals surface area contributed by atoms with Crippen molar-refractivity contribution in [3.05, 3.63) is 72.3 Å². The van der Waals surface area contributed by atoms with Crippen LogP contribution in [0.25, 0.3) is 10.8 Å². The quantitative estimate of drug-likeness (QED) is 0.122. The molecule has 0 aliphatic rings. The van der Waals surface area contributed by atoms with Crippen molar-refractivity contribution in [2.75, 3.05) is 25.2 Å². The summed E-state index contributed by atoms with van der Waals surface area (Å²) in [5.74, 6) is -0.582. The highest BCUT2D eigenvalue weighted by molar-refractivity contribution is 7.91. The maximum absolute atomic E-state index is 12.3. The van der Waals surface area contributed by atoms with Gasteiger partial charge in [-0.25, -0.2) is 8.42 Å². The summed E-state index contributed by atoms with van der Waals surface area (Å²) in [6.07, 6.45) is 0. The zero-order valence-corrected chi connectivity index (χ0v) is 23.0. The van der Waals surface area contributed by atoms with Gasteiger partial charge in [-0.05, 0) is 60.8 Å². The number of benzene rings is 4. The molecule has 40 heavy (non-hydrogen) atoms. The number of hydrogen-bond acceptors (Lipinski definition) is 11. The zero-order valence-electron chi connectivity index (χ0n) is 21.4. The third-order valence-corrected chi connectivity index (χ3v) is 8.40. The zero-order chi connectivity index (χ0) is 29.1. The molecule has 0 saturated carbocycles. The first-order valence-corrected chi connectivity index (χ1v) is 14.8. The molecule has 4 aromatic carbocycles. The Morgan fingerprint density at radius 3 is 2.05 bits per heavy atom. The van der Waals surface area contributed by atoms with E-state index >= 15 is 0 Å². The SMILES string of the molecule is COCCS(=O)(=O)c1ccc(N=Nc2c(S(=O)(=O)O)cc3ccc(N=Nc4ccc(C)cc4)c(O)c3c2N)cc1. The average molecular weight is 584 g/mol. The molecule has 0 saturated heterocycles. The fourth-order valence-corrected chi connectivity index (χ4v) is 5.55. The van der Waals surface area contributed by atoms with Gasteiger partial charge in [0.15, 0.2) is 15.6 Å². The molecule has 4 rings (SSSR count). The van der Waals surface area contributed by atoms with Crippen molar-refractivity contribution >= 4 is 59.2 Å². The summed E-state index contributed by atoms with van der Waals surface area (Å²) in [6, 6.07) is 16.6. The minimum Gasteiger partial charge on any atom is -0.505 e. The fourth-order valence-electron chi connectivity index (χ4n) is 3.70. The Kier molecular flexibility index (Phi) is 8.25. The van der Waals surface area contributed by atoms with Crippen LogP contribution in [0.2, 0.25) is 0 Å². The predicted molar refractivity (Wildman–Crippen MR) is 150 cm³/mol. The van der Waals surface area contributed by atoms with Gasteiger partial charge in [0.05, 0.1) is 39.7 Å². The van der Waals surface area contributed by atoms with Gasteiger partial charge in [-0.15, -0.1) is 10.2 Å². The molecule has 0 amide bonds. The number of fused-ring (bicyclic) bond motifs is 1. The molecule has 208 valence electrons. The lowest BCUT2D eigenvalue weighted by molar-refractivity contribution is 0.217. The van der Waals surface area contributed by atoms with Gasteiger partial charge in [-0.1, -0.05) is 23.8 Å². The van der Waals surface area contributed by atoms with Crippen molar-refractivity contribution in [2.24, 2.45) is 20.5 Å². The lowest BCUT2D eigenvalue weighted by Crippen LogP contribution is -2.11. The van der Waals surface area contributed by atoms with E-state index in [0.29, 0.717) is 5.69 Å². The van der Waals surface area contributed by atoms with Crippen LogP contribution in [0.4, 0.5) is 28.4 Å². The number of nitrogens with zero attached hydrogens (tertiary/aromatic N) is 4. The normalized spacial score (nSPS) is 12.6. The first-order chi connectivity index (χ1) is 18.9. The largest absolute Gasteiger partial charge is 0.505 e. The summed E-state index contributed by atoms with van der Waals surface area (Å²) in [4.78, 5) is -0.585. The second kappa shape index (κ2) is 11.5. The summed E-state index contributed by atoms with van der Waals surface area (Å²) in [5.41, 5.74) is 7.38. The number of azo groups is 2. The van der Waals surface area contributed by atoms with Crippen LogP contribution in [0.15, 0.2) is 97.0 Å². The molecule has 0 unspecified atom stereocenters. The van der Waals surface area contributed by atoms with Crippen LogP contribution in [-0.2, 0) is 24.7 Å². The number of sulfone groups is 1. The van der Waals surface area contributed by atoms with Gasteiger partial charge >= 0.3 is 0 Å². The first-order valence-electron chi connectivity index (χ1n) is 11.7.